The molecule has 0 atom stereocenters. The Labute approximate surface area is 346 Å². The Hall–Kier alpha value is -7.10. The van der Waals surface area contributed by atoms with Crippen molar-refractivity contribution in [3.05, 3.63) is 255 Å². The summed E-state index contributed by atoms with van der Waals surface area (Å²) in [5.74, 6) is 0. The molecule has 0 radical (unpaired) electrons. The van der Waals surface area contributed by atoms with Gasteiger partial charge in [0.05, 0.1) is 0 Å². The van der Waals surface area contributed by atoms with Crippen LogP contribution in [0.5, 0.6) is 0 Å². The molecular weight excluding hydrogens is 770 g/mol. The topological polar surface area (TPSA) is 9.72 Å². The van der Waals surface area contributed by atoms with Gasteiger partial charge in [-0.2, -0.15) is 0 Å². The van der Waals surface area contributed by atoms with Gasteiger partial charge in [0, 0.05) is 0 Å². The molecule has 4 heteroatoms. The summed E-state index contributed by atoms with van der Waals surface area (Å²) in [7, 11) is 0. The van der Waals surface area contributed by atoms with E-state index in [-0.39, 0.29) is 0 Å². The van der Waals surface area contributed by atoms with Crippen LogP contribution in [0, 0.1) is 0 Å². The third-order valence-electron chi connectivity index (χ3n) is 10.1. The maximum absolute atomic E-state index is 2.35. The maximum atomic E-state index is 2.35. The van der Waals surface area contributed by atoms with E-state index in [0.717, 1.165) is 51.2 Å². The van der Waals surface area contributed by atoms with Crippen LogP contribution < -0.4 is 28.1 Å². The molecule has 0 spiro atoms. The Balaban J connectivity index is 1.13. The van der Waals surface area contributed by atoms with Crippen LogP contribution in [-0.2, 0) is 0 Å². The molecule has 0 bridgehead atoms. The van der Waals surface area contributed by atoms with Gasteiger partial charge in [-0.05, 0) is 0 Å². The minimum atomic E-state index is -1.77. The van der Waals surface area contributed by atoms with Crippen LogP contribution >= 0.6 is 0 Å². The number of rotatable bonds is 12. The van der Waals surface area contributed by atoms with Gasteiger partial charge in [0.2, 0.25) is 0 Å². The number of hydrogen-bond acceptors (Lipinski definition) is 3. The van der Waals surface area contributed by atoms with Crippen molar-refractivity contribution >= 4 is 78.5 Å². The van der Waals surface area contributed by atoms with E-state index in [4.69, 9.17) is 0 Å². The number of nitrogens with zero attached hydrogens (tertiary/aromatic N) is 3. The average Bonchev–Trinajstić information content (AvgIpc) is 3.30. The van der Waals surface area contributed by atoms with E-state index in [2.05, 4.69) is 269 Å². The van der Waals surface area contributed by atoms with Gasteiger partial charge in [0.15, 0.2) is 0 Å². The molecule has 9 aromatic rings. The van der Waals surface area contributed by atoms with E-state index < -0.39 is 13.9 Å². The number of anilines is 9. The Morgan fingerprint density at radius 2 is 0.328 bits per heavy atom. The Bertz CT molecular complexity index is 2210. The Morgan fingerprint density at radius 3 is 0.500 bits per heavy atom. The van der Waals surface area contributed by atoms with Crippen molar-refractivity contribution in [1.82, 2.24) is 0 Å². The van der Waals surface area contributed by atoms with Crippen molar-refractivity contribution in [3.8, 4) is 0 Å². The first-order chi connectivity index (χ1) is 28.8. The fraction of sp³-hybridized carbons (Fsp3) is 0. The molecule has 0 N–H and O–H groups in total. The summed E-state index contributed by atoms with van der Waals surface area (Å²) in [6.07, 6.45) is 0. The fourth-order valence-electron chi connectivity index (χ4n) is 7.41. The third kappa shape index (κ3) is 7.94. The van der Waals surface area contributed by atoms with Crippen molar-refractivity contribution in [2.45, 2.75) is 0 Å². The second-order valence-electron chi connectivity index (χ2n) is 13.8. The van der Waals surface area contributed by atoms with Crippen LogP contribution in [0.25, 0.3) is 0 Å². The zero-order chi connectivity index (χ0) is 38.9. The molecule has 0 aliphatic carbocycles. The molecule has 0 aliphatic heterocycles. The normalized spacial score (nSPS) is 10.9. The summed E-state index contributed by atoms with van der Waals surface area (Å²) in [5.41, 5.74) is 10.1. The van der Waals surface area contributed by atoms with E-state index in [9.17, 15) is 0 Å². The summed E-state index contributed by atoms with van der Waals surface area (Å²) in [6, 6.07) is 91.5. The van der Waals surface area contributed by atoms with Gasteiger partial charge in [-0.15, -0.1) is 0 Å². The van der Waals surface area contributed by atoms with Crippen LogP contribution in [0.15, 0.2) is 255 Å². The van der Waals surface area contributed by atoms with Crippen LogP contribution in [0.3, 0.4) is 0 Å². The van der Waals surface area contributed by atoms with Crippen molar-refractivity contribution < 1.29 is 0 Å². The quantitative estimate of drug-likeness (QED) is 0.114. The molecule has 58 heavy (non-hydrogen) atoms. The van der Waals surface area contributed by atoms with Gasteiger partial charge >= 0.3 is 348 Å². The zero-order valence-corrected chi connectivity index (χ0v) is 33.7. The summed E-state index contributed by atoms with van der Waals surface area (Å²) in [6.45, 7) is 0. The van der Waals surface area contributed by atoms with E-state index in [1.165, 1.54) is 13.4 Å². The molecule has 0 unspecified atom stereocenters. The summed E-state index contributed by atoms with van der Waals surface area (Å²) in [5, 5.41) is 0. The van der Waals surface area contributed by atoms with Gasteiger partial charge in [-0.1, -0.05) is 0 Å². The van der Waals surface area contributed by atoms with E-state index >= 15 is 0 Å². The van der Waals surface area contributed by atoms with Gasteiger partial charge in [0.25, 0.3) is 0 Å². The first kappa shape index (κ1) is 36.5. The second-order valence-corrected chi connectivity index (χ2v) is 18.1. The van der Waals surface area contributed by atoms with Crippen LogP contribution in [0.2, 0.25) is 0 Å². The predicted molar refractivity (Wildman–Crippen MR) is 248 cm³/mol. The molecule has 0 saturated carbocycles. The minimum absolute atomic E-state index is 1.12. The number of benzene rings is 9. The summed E-state index contributed by atoms with van der Waals surface area (Å²) >= 11 is -1.77. The summed E-state index contributed by atoms with van der Waals surface area (Å²) < 4.78 is 4.03. The first-order valence-corrected chi connectivity index (χ1v) is 22.1. The van der Waals surface area contributed by atoms with E-state index in [1.807, 2.05) is 0 Å². The average molecular weight is 812 g/mol. The van der Waals surface area contributed by atoms with Crippen LogP contribution in [0.4, 0.5) is 51.2 Å². The molecule has 3 nitrogen and oxygen atoms in total. The third-order valence-corrected chi connectivity index (χ3v) is 14.8. The first-order valence-electron chi connectivity index (χ1n) is 19.6. The fourth-order valence-corrected chi connectivity index (χ4v) is 11.7. The Kier molecular flexibility index (Phi) is 10.9. The molecule has 0 aromatic heterocycles. The predicted octanol–water partition coefficient (Wildman–Crippen LogP) is 12.6. The van der Waals surface area contributed by atoms with Gasteiger partial charge < -0.3 is 0 Å². The summed E-state index contributed by atoms with van der Waals surface area (Å²) in [4.78, 5) is 6.98. The molecule has 0 fully saturated rings. The molecule has 0 amide bonds. The SMILES string of the molecule is c1ccc(N(c2ccccc2)c2ccc([Se+](c3ccc(N(c4ccccc4)c4ccccc4)cc3)c3ccc(N(c4ccccc4)c4ccccc4)cc3)cc2)cc1. The molecular formula is C54H42N3Se+. The van der Waals surface area contributed by atoms with E-state index in [0.29, 0.717) is 0 Å². The van der Waals surface area contributed by atoms with Crippen molar-refractivity contribution in [2.75, 3.05) is 14.7 Å². The van der Waals surface area contributed by atoms with Gasteiger partial charge in [0.1, 0.15) is 0 Å². The number of para-hydroxylation sites is 6. The molecule has 0 heterocycles. The molecule has 0 aliphatic rings. The molecule has 9 aromatic carbocycles. The standard InChI is InChI=1S/C54H42N3Se/c1-7-19-43(20-8-1)55(44-21-9-2-10-22-44)49-31-37-52(38-32-49)58(53-39-33-50(34-40-53)56(45-23-11-3-12-24-45)46-25-13-4-14-26-46)54-41-35-51(36-42-54)57(47-27-15-5-16-28-47)48-29-17-6-18-30-48/h1-42H/q+1. The van der Waals surface area contributed by atoms with Crippen LogP contribution in [-0.4, -0.2) is 13.9 Å². The van der Waals surface area contributed by atoms with Gasteiger partial charge in [-0.3, -0.25) is 0 Å². The second kappa shape index (κ2) is 17.4. The molecule has 9 rings (SSSR count). The Morgan fingerprint density at radius 1 is 0.172 bits per heavy atom. The van der Waals surface area contributed by atoms with Gasteiger partial charge in [-0.25, -0.2) is 0 Å². The monoisotopic (exact) mass is 812 g/mol. The van der Waals surface area contributed by atoms with Crippen molar-refractivity contribution in [2.24, 2.45) is 0 Å². The number of hydrogen-bond donors (Lipinski definition) is 0. The van der Waals surface area contributed by atoms with Crippen molar-refractivity contribution in [3.63, 3.8) is 0 Å². The molecule has 278 valence electrons. The van der Waals surface area contributed by atoms with Crippen LogP contribution in [0.1, 0.15) is 0 Å². The molecule has 0 saturated heterocycles. The van der Waals surface area contributed by atoms with E-state index in [1.54, 1.807) is 0 Å². The van der Waals surface area contributed by atoms with Crippen molar-refractivity contribution in [1.29, 1.82) is 0 Å². The zero-order valence-electron chi connectivity index (χ0n) is 32.0.